The Labute approximate surface area is 137 Å². The van der Waals surface area contributed by atoms with E-state index in [0.29, 0.717) is 12.2 Å². The van der Waals surface area contributed by atoms with Gasteiger partial charge in [-0.05, 0) is 51.3 Å². The zero-order valence-electron chi connectivity index (χ0n) is 13.5. The summed E-state index contributed by atoms with van der Waals surface area (Å²) in [5.74, 6) is -0.299. The molecule has 0 amide bonds. The normalized spacial score (nSPS) is 13.0. The summed E-state index contributed by atoms with van der Waals surface area (Å²) in [6.07, 6.45) is 1.84. The molecule has 3 nitrogen and oxygen atoms in total. The Morgan fingerprint density at radius 1 is 1.23 bits per heavy atom. The van der Waals surface area contributed by atoms with Crippen LogP contribution in [0.25, 0.3) is 0 Å². The first-order valence-corrected chi connectivity index (χ1v) is 8.37. The quantitative estimate of drug-likeness (QED) is 0.430. The molecule has 0 saturated carbocycles. The number of fused-ring (bicyclic) bond motifs is 1. The third kappa shape index (κ3) is 3.95. The average molecular weight is 317 g/mol. The van der Waals surface area contributed by atoms with E-state index in [0.717, 1.165) is 19.4 Å². The number of unbranched alkanes of at least 4 members (excludes halogenated alkanes) is 1. The van der Waals surface area contributed by atoms with Crippen LogP contribution in [0.3, 0.4) is 0 Å². The van der Waals surface area contributed by atoms with Gasteiger partial charge in [0.1, 0.15) is 0 Å². The third-order valence-corrected chi connectivity index (χ3v) is 4.78. The second-order valence-corrected chi connectivity index (χ2v) is 6.68. The largest absolute Gasteiger partial charge is 0.462 e. The number of rotatable bonds is 6. The van der Waals surface area contributed by atoms with Crippen molar-refractivity contribution in [1.29, 1.82) is 0 Å². The minimum absolute atomic E-state index is 0.299. The maximum Gasteiger partial charge on any atom is 0.333 e. The van der Waals surface area contributed by atoms with E-state index in [1.165, 1.54) is 21.2 Å². The minimum Gasteiger partial charge on any atom is -0.462 e. The van der Waals surface area contributed by atoms with Crippen LogP contribution in [0.2, 0.25) is 0 Å². The molecule has 118 valence electrons. The molecule has 1 aliphatic rings. The van der Waals surface area contributed by atoms with E-state index in [1.807, 2.05) is 11.8 Å². The van der Waals surface area contributed by atoms with Crippen molar-refractivity contribution in [2.24, 2.45) is 0 Å². The number of anilines is 1. The zero-order valence-corrected chi connectivity index (χ0v) is 14.3. The van der Waals surface area contributed by atoms with E-state index in [2.05, 4.69) is 49.6 Å². The lowest BCUT2D eigenvalue weighted by atomic mass is 10.2. The Bertz CT molecular complexity index is 603. The highest BCUT2D eigenvalue weighted by atomic mass is 32.2. The molecule has 0 aromatic heterocycles. The zero-order chi connectivity index (χ0) is 16.1. The van der Waals surface area contributed by atoms with Gasteiger partial charge in [-0.3, -0.25) is 0 Å². The number of carbonyl (C=O) groups excluding carboxylic acids is 1. The SMILES string of the molecule is C=C(C)C(=O)OCCCCN1C(=C(C)C)Sc2ccccc21. The molecule has 1 aliphatic heterocycles. The van der Waals surface area contributed by atoms with E-state index in [9.17, 15) is 4.79 Å². The molecule has 2 rings (SSSR count). The van der Waals surface area contributed by atoms with E-state index < -0.39 is 0 Å². The summed E-state index contributed by atoms with van der Waals surface area (Å²) < 4.78 is 5.14. The van der Waals surface area contributed by atoms with Crippen molar-refractivity contribution < 1.29 is 9.53 Å². The van der Waals surface area contributed by atoms with Crippen LogP contribution in [0.5, 0.6) is 0 Å². The molecule has 1 heterocycles. The van der Waals surface area contributed by atoms with Crippen LogP contribution >= 0.6 is 11.8 Å². The number of benzene rings is 1. The highest BCUT2D eigenvalue weighted by Crippen LogP contribution is 2.46. The van der Waals surface area contributed by atoms with E-state index >= 15 is 0 Å². The maximum atomic E-state index is 11.3. The van der Waals surface area contributed by atoms with Crippen molar-refractivity contribution in [3.8, 4) is 0 Å². The van der Waals surface area contributed by atoms with Crippen molar-refractivity contribution in [2.45, 2.75) is 38.5 Å². The van der Waals surface area contributed by atoms with Gasteiger partial charge in [0.25, 0.3) is 0 Å². The molecule has 0 N–H and O–H groups in total. The van der Waals surface area contributed by atoms with Crippen molar-refractivity contribution in [1.82, 2.24) is 0 Å². The number of hydrogen-bond acceptors (Lipinski definition) is 4. The lowest BCUT2D eigenvalue weighted by molar-refractivity contribution is -0.139. The fourth-order valence-corrected chi connectivity index (χ4v) is 3.43. The molecule has 0 radical (unpaired) electrons. The smallest absolute Gasteiger partial charge is 0.333 e. The van der Waals surface area contributed by atoms with Gasteiger partial charge >= 0.3 is 5.97 Å². The van der Waals surface area contributed by atoms with Gasteiger partial charge in [-0.15, -0.1) is 0 Å². The van der Waals surface area contributed by atoms with Gasteiger partial charge in [0.2, 0.25) is 0 Å². The van der Waals surface area contributed by atoms with Gasteiger partial charge in [0.15, 0.2) is 0 Å². The number of thioether (sulfide) groups is 1. The second-order valence-electron chi connectivity index (χ2n) is 5.65. The van der Waals surface area contributed by atoms with Crippen LogP contribution in [-0.4, -0.2) is 19.1 Å². The topological polar surface area (TPSA) is 29.5 Å². The lowest BCUT2D eigenvalue weighted by Gasteiger charge is -2.21. The third-order valence-electron chi connectivity index (χ3n) is 3.39. The summed E-state index contributed by atoms with van der Waals surface area (Å²) in [6.45, 7) is 10.9. The number of ether oxygens (including phenoxy) is 1. The van der Waals surface area contributed by atoms with Gasteiger partial charge in [-0.1, -0.05) is 30.5 Å². The number of carbonyl (C=O) groups is 1. The van der Waals surface area contributed by atoms with E-state index in [1.54, 1.807) is 6.92 Å². The van der Waals surface area contributed by atoms with Crippen LogP contribution in [-0.2, 0) is 9.53 Å². The molecule has 1 aromatic carbocycles. The monoisotopic (exact) mass is 317 g/mol. The second kappa shape index (κ2) is 7.54. The van der Waals surface area contributed by atoms with Crippen molar-refractivity contribution >= 4 is 23.4 Å². The molecule has 0 aliphatic carbocycles. The fourth-order valence-electron chi connectivity index (χ4n) is 2.29. The van der Waals surface area contributed by atoms with Gasteiger partial charge in [0, 0.05) is 17.0 Å². The summed E-state index contributed by atoms with van der Waals surface area (Å²) in [4.78, 5) is 15.0. The number of nitrogens with zero attached hydrogens (tertiary/aromatic N) is 1. The summed E-state index contributed by atoms with van der Waals surface area (Å²) in [5.41, 5.74) is 3.06. The summed E-state index contributed by atoms with van der Waals surface area (Å²) >= 11 is 1.83. The Morgan fingerprint density at radius 3 is 2.64 bits per heavy atom. The van der Waals surface area contributed by atoms with Crippen LogP contribution in [0.4, 0.5) is 5.69 Å². The minimum atomic E-state index is -0.299. The first-order valence-electron chi connectivity index (χ1n) is 7.55. The van der Waals surface area contributed by atoms with Crippen molar-refractivity contribution in [2.75, 3.05) is 18.1 Å². The molecule has 0 bridgehead atoms. The highest BCUT2D eigenvalue weighted by molar-refractivity contribution is 8.03. The predicted molar refractivity (Wildman–Crippen MR) is 93.0 cm³/mol. The summed E-state index contributed by atoms with van der Waals surface area (Å²) in [7, 11) is 0. The molecule has 22 heavy (non-hydrogen) atoms. The Balaban J connectivity index is 1.90. The predicted octanol–water partition coefficient (Wildman–Crippen LogP) is 4.75. The molecule has 1 aromatic rings. The molecule has 0 spiro atoms. The van der Waals surface area contributed by atoms with Gasteiger partial charge in [-0.25, -0.2) is 4.79 Å². The molecule has 0 fully saturated rings. The fraction of sp³-hybridized carbons (Fsp3) is 0.389. The number of esters is 1. The first-order chi connectivity index (χ1) is 10.5. The first kappa shape index (κ1) is 16.7. The van der Waals surface area contributed by atoms with Crippen molar-refractivity contribution in [3.05, 3.63) is 47.0 Å². The van der Waals surface area contributed by atoms with E-state index in [-0.39, 0.29) is 5.97 Å². The van der Waals surface area contributed by atoms with Crippen molar-refractivity contribution in [3.63, 3.8) is 0 Å². The Hall–Kier alpha value is -1.68. The van der Waals surface area contributed by atoms with Crippen LogP contribution in [0.1, 0.15) is 33.6 Å². The molecular formula is C18H23NO2S. The Morgan fingerprint density at radius 2 is 1.95 bits per heavy atom. The average Bonchev–Trinajstić information content (AvgIpc) is 2.85. The lowest BCUT2D eigenvalue weighted by Crippen LogP contribution is -2.20. The number of hydrogen-bond donors (Lipinski definition) is 0. The summed E-state index contributed by atoms with van der Waals surface area (Å²) in [5, 5.41) is 1.32. The van der Waals surface area contributed by atoms with Gasteiger partial charge in [0.05, 0.1) is 17.3 Å². The molecule has 0 saturated heterocycles. The number of para-hydroxylation sites is 1. The molecule has 0 unspecified atom stereocenters. The molecule has 4 heteroatoms. The van der Waals surface area contributed by atoms with E-state index in [4.69, 9.17) is 4.74 Å². The summed E-state index contributed by atoms with van der Waals surface area (Å²) in [6, 6.07) is 8.49. The van der Waals surface area contributed by atoms with Gasteiger partial charge in [-0.2, -0.15) is 0 Å². The standard InChI is InChI=1S/C18H23NO2S/c1-13(2)17-19(15-9-5-6-10-16(15)22-17)11-7-8-12-21-18(20)14(3)4/h5-6,9-10H,3,7-8,11-12H2,1-2,4H3. The van der Waals surface area contributed by atoms with Crippen LogP contribution in [0, 0.1) is 0 Å². The molecule has 0 atom stereocenters. The Kier molecular flexibility index (Phi) is 5.72. The molecular weight excluding hydrogens is 294 g/mol. The highest BCUT2D eigenvalue weighted by Gasteiger charge is 2.24. The number of allylic oxidation sites excluding steroid dienone is 1. The van der Waals surface area contributed by atoms with Crippen LogP contribution in [0.15, 0.2) is 51.9 Å². The van der Waals surface area contributed by atoms with Gasteiger partial charge < -0.3 is 9.64 Å². The van der Waals surface area contributed by atoms with Crippen LogP contribution < -0.4 is 4.90 Å². The maximum absolute atomic E-state index is 11.3.